The predicted molar refractivity (Wildman–Crippen MR) is 108 cm³/mol. The van der Waals surface area contributed by atoms with Crippen LogP contribution in [0.2, 0.25) is 0 Å². The summed E-state index contributed by atoms with van der Waals surface area (Å²) < 4.78 is 53.4. The van der Waals surface area contributed by atoms with Crippen LogP contribution < -0.4 is 4.72 Å². The van der Waals surface area contributed by atoms with Crippen molar-refractivity contribution >= 4 is 26.0 Å². The van der Waals surface area contributed by atoms with Gasteiger partial charge in [-0.25, -0.2) is 21.6 Å². The molecular weight excluding hydrogens is 414 g/mol. The van der Waals surface area contributed by atoms with E-state index in [0.29, 0.717) is 0 Å². The Morgan fingerprint density at radius 1 is 0.793 bits per heavy atom. The molecule has 0 spiro atoms. The van der Waals surface area contributed by atoms with E-state index in [4.69, 9.17) is 0 Å². The molecule has 2 aromatic carbocycles. The summed E-state index contributed by atoms with van der Waals surface area (Å²) >= 11 is 0. The lowest BCUT2D eigenvalue weighted by Gasteiger charge is -2.34. The molecule has 1 fully saturated rings. The molecule has 2 aromatic rings. The second-order valence-corrected chi connectivity index (χ2v) is 10.3. The summed E-state index contributed by atoms with van der Waals surface area (Å²) in [6.45, 7) is 0.947. The molecule has 0 atom stereocenters. The normalized spacial score (nSPS) is 15.9. The van der Waals surface area contributed by atoms with E-state index in [1.807, 2.05) is 0 Å². The van der Waals surface area contributed by atoms with Crippen LogP contribution in [-0.4, -0.2) is 64.7 Å². The zero-order valence-corrected chi connectivity index (χ0v) is 17.4. The van der Waals surface area contributed by atoms with Gasteiger partial charge in [0.15, 0.2) is 0 Å². The van der Waals surface area contributed by atoms with Gasteiger partial charge in [0.25, 0.3) is 0 Å². The van der Waals surface area contributed by atoms with E-state index in [9.17, 15) is 21.6 Å². The molecule has 1 aliphatic heterocycles. The van der Waals surface area contributed by atoms with Crippen LogP contribution in [0.1, 0.15) is 6.42 Å². The van der Waals surface area contributed by atoms with Gasteiger partial charge in [0.05, 0.1) is 9.79 Å². The van der Waals surface area contributed by atoms with E-state index < -0.39 is 20.0 Å². The summed E-state index contributed by atoms with van der Waals surface area (Å²) in [6.07, 6.45) is 0.0114. The second kappa shape index (κ2) is 9.04. The lowest BCUT2D eigenvalue weighted by molar-refractivity contribution is -0.132. The van der Waals surface area contributed by atoms with Gasteiger partial charge in [-0.15, -0.1) is 0 Å². The fourth-order valence-corrected chi connectivity index (χ4v) is 5.55. The average molecular weight is 438 g/mol. The molecule has 29 heavy (non-hydrogen) atoms. The SMILES string of the molecule is O=C(CCNS(=O)(=O)c1ccccc1)N1CCN(S(=O)(=O)c2ccccc2)CC1. The minimum absolute atomic E-state index is 0.0114. The number of carbonyl (C=O) groups excluding carboxylic acids is 1. The molecule has 0 radical (unpaired) electrons. The number of benzene rings is 2. The van der Waals surface area contributed by atoms with Crippen molar-refractivity contribution < 1.29 is 21.6 Å². The van der Waals surface area contributed by atoms with Crippen molar-refractivity contribution in [1.29, 1.82) is 0 Å². The highest BCUT2D eigenvalue weighted by Crippen LogP contribution is 2.17. The Morgan fingerprint density at radius 3 is 1.86 bits per heavy atom. The van der Waals surface area contributed by atoms with Gasteiger partial charge in [-0.2, -0.15) is 4.31 Å². The van der Waals surface area contributed by atoms with Gasteiger partial charge in [-0.3, -0.25) is 4.79 Å². The summed E-state index contributed by atoms with van der Waals surface area (Å²) in [5.41, 5.74) is 0. The van der Waals surface area contributed by atoms with E-state index in [0.717, 1.165) is 0 Å². The Balaban J connectivity index is 1.49. The molecule has 0 bridgehead atoms. The number of piperazine rings is 1. The first-order valence-corrected chi connectivity index (χ1v) is 12.1. The Morgan fingerprint density at radius 2 is 1.31 bits per heavy atom. The average Bonchev–Trinajstić information content (AvgIpc) is 2.75. The fourth-order valence-electron chi connectivity index (χ4n) is 3.05. The number of carbonyl (C=O) groups is 1. The van der Waals surface area contributed by atoms with E-state index >= 15 is 0 Å². The van der Waals surface area contributed by atoms with E-state index in [-0.39, 0.29) is 54.8 Å². The number of sulfonamides is 2. The third-order valence-corrected chi connectivity index (χ3v) is 8.05. The van der Waals surface area contributed by atoms with E-state index in [2.05, 4.69) is 4.72 Å². The summed E-state index contributed by atoms with van der Waals surface area (Å²) in [4.78, 5) is 14.3. The van der Waals surface area contributed by atoms with Gasteiger partial charge in [0, 0.05) is 39.1 Å². The van der Waals surface area contributed by atoms with Crippen molar-refractivity contribution in [3.05, 3.63) is 60.7 Å². The van der Waals surface area contributed by atoms with Crippen molar-refractivity contribution in [2.24, 2.45) is 0 Å². The number of rotatable bonds is 7. The van der Waals surface area contributed by atoms with E-state index in [1.54, 1.807) is 53.4 Å². The molecule has 1 saturated heterocycles. The third-order valence-electron chi connectivity index (χ3n) is 4.66. The quantitative estimate of drug-likeness (QED) is 0.693. The number of amides is 1. The molecule has 10 heteroatoms. The molecule has 8 nitrogen and oxygen atoms in total. The van der Waals surface area contributed by atoms with Crippen molar-refractivity contribution in [2.45, 2.75) is 16.2 Å². The molecular formula is C19H23N3O5S2. The van der Waals surface area contributed by atoms with Gasteiger partial charge in [-0.05, 0) is 24.3 Å². The van der Waals surface area contributed by atoms with Crippen LogP contribution in [0.4, 0.5) is 0 Å². The predicted octanol–water partition coefficient (Wildman–Crippen LogP) is 0.888. The van der Waals surface area contributed by atoms with Gasteiger partial charge in [0.1, 0.15) is 0 Å². The Kier molecular flexibility index (Phi) is 6.68. The maximum absolute atomic E-state index is 12.6. The van der Waals surface area contributed by atoms with Gasteiger partial charge >= 0.3 is 0 Å². The number of nitrogens with one attached hydrogen (secondary N) is 1. The first kappa shape index (κ1) is 21.4. The maximum Gasteiger partial charge on any atom is 0.243 e. The lowest BCUT2D eigenvalue weighted by Crippen LogP contribution is -2.50. The first-order chi connectivity index (χ1) is 13.8. The zero-order chi connectivity index (χ0) is 20.9. The molecule has 1 N–H and O–H groups in total. The number of hydrogen-bond donors (Lipinski definition) is 1. The molecule has 0 aromatic heterocycles. The molecule has 3 rings (SSSR count). The Bertz CT molecular complexity index is 1030. The first-order valence-electron chi connectivity index (χ1n) is 9.18. The van der Waals surface area contributed by atoms with Gasteiger partial charge < -0.3 is 4.90 Å². The van der Waals surface area contributed by atoms with Crippen LogP contribution in [-0.2, 0) is 24.8 Å². The van der Waals surface area contributed by atoms with Crippen molar-refractivity contribution in [2.75, 3.05) is 32.7 Å². The van der Waals surface area contributed by atoms with Crippen LogP contribution in [0.25, 0.3) is 0 Å². The molecule has 0 saturated carbocycles. The molecule has 1 amide bonds. The highest BCUT2D eigenvalue weighted by molar-refractivity contribution is 7.89. The lowest BCUT2D eigenvalue weighted by atomic mass is 10.3. The standard InChI is InChI=1S/C19H23N3O5S2/c23-19(11-12-20-28(24,25)17-7-3-1-4-8-17)21-13-15-22(16-14-21)29(26,27)18-9-5-2-6-10-18/h1-10,20H,11-16H2. The minimum atomic E-state index is -3.65. The molecule has 1 aliphatic rings. The topological polar surface area (TPSA) is 104 Å². The smallest absolute Gasteiger partial charge is 0.243 e. The monoisotopic (exact) mass is 437 g/mol. The number of hydrogen-bond acceptors (Lipinski definition) is 5. The van der Waals surface area contributed by atoms with E-state index in [1.165, 1.54) is 16.4 Å². The highest BCUT2D eigenvalue weighted by Gasteiger charge is 2.29. The van der Waals surface area contributed by atoms with Crippen molar-refractivity contribution in [1.82, 2.24) is 13.9 Å². The highest BCUT2D eigenvalue weighted by atomic mass is 32.2. The minimum Gasteiger partial charge on any atom is -0.340 e. The molecule has 1 heterocycles. The summed E-state index contributed by atoms with van der Waals surface area (Å²) in [5.74, 6) is -0.211. The second-order valence-electron chi connectivity index (χ2n) is 6.56. The zero-order valence-electron chi connectivity index (χ0n) is 15.8. The summed E-state index contributed by atoms with van der Waals surface area (Å²) in [5, 5.41) is 0. The largest absolute Gasteiger partial charge is 0.340 e. The maximum atomic E-state index is 12.6. The van der Waals surface area contributed by atoms with Gasteiger partial charge in [-0.1, -0.05) is 36.4 Å². The van der Waals surface area contributed by atoms with Gasteiger partial charge in [0.2, 0.25) is 26.0 Å². The van der Waals surface area contributed by atoms with Crippen LogP contribution in [0.5, 0.6) is 0 Å². The van der Waals surface area contributed by atoms with Crippen LogP contribution in [0, 0.1) is 0 Å². The Labute approximate surface area is 171 Å². The van der Waals surface area contributed by atoms with Crippen molar-refractivity contribution in [3.63, 3.8) is 0 Å². The van der Waals surface area contributed by atoms with Crippen LogP contribution in [0.15, 0.2) is 70.5 Å². The number of nitrogens with zero attached hydrogens (tertiary/aromatic N) is 2. The fraction of sp³-hybridized carbons (Fsp3) is 0.316. The third kappa shape index (κ3) is 5.21. The summed E-state index contributed by atoms with van der Waals surface area (Å²) in [6, 6.07) is 16.1. The van der Waals surface area contributed by atoms with Crippen LogP contribution in [0.3, 0.4) is 0 Å². The van der Waals surface area contributed by atoms with Crippen LogP contribution >= 0.6 is 0 Å². The molecule has 0 unspecified atom stereocenters. The molecule has 0 aliphatic carbocycles. The van der Waals surface area contributed by atoms with Crippen molar-refractivity contribution in [3.8, 4) is 0 Å². The molecule has 156 valence electrons. The Hall–Kier alpha value is -2.27. The summed E-state index contributed by atoms with van der Waals surface area (Å²) in [7, 11) is -7.23.